The van der Waals surface area contributed by atoms with Gasteiger partial charge in [0.1, 0.15) is 0 Å². The van der Waals surface area contributed by atoms with Gasteiger partial charge in [0.2, 0.25) is 0 Å². The number of nitrogens with zero attached hydrogens (tertiary/aromatic N) is 1. The van der Waals surface area contributed by atoms with Gasteiger partial charge in [-0.25, -0.2) is 0 Å². The van der Waals surface area contributed by atoms with Gasteiger partial charge in [-0.1, -0.05) is 35.9 Å². The molecule has 0 unspecified atom stereocenters. The fraction of sp³-hybridized carbons (Fsp3) is 0.222. The molecule has 0 bridgehead atoms. The molecular weight excluding hydrogens is 230 g/mol. The number of anilines is 1. The average molecular weight is 249 g/mol. The second-order valence-corrected chi connectivity index (χ2v) is 4.91. The molecule has 0 saturated carbocycles. The van der Waals surface area contributed by atoms with Gasteiger partial charge in [-0.3, -0.25) is 0 Å². The summed E-state index contributed by atoms with van der Waals surface area (Å²) in [5, 5.41) is 0. The Morgan fingerprint density at radius 2 is 1.47 bits per heavy atom. The highest BCUT2D eigenvalue weighted by Gasteiger charge is 2.06. The lowest BCUT2D eigenvalue weighted by molar-refractivity contribution is 1.18. The summed E-state index contributed by atoms with van der Waals surface area (Å²) in [6, 6.07) is 17.7. The van der Waals surface area contributed by atoms with Crippen LogP contribution < -0.4 is 4.90 Å². The number of hydrogen-bond acceptors (Lipinski definition) is 1. The molecule has 0 N–H and O–H groups in total. The molecular formula is C18H19N. The molecule has 0 aliphatic carbocycles. The Kier molecular flexibility index (Phi) is 3.92. The summed E-state index contributed by atoms with van der Waals surface area (Å²) in [6.07, 6.45) is 0. The summed E-state index contributed by atoms with van der Waals surface area (Å²) in [4.78, 5) is 2.01. The fourth-order valence-corrected chi connectivity index (χ4v) is 2.43. The van der Waals surface area contributed by atoms with Crippen molar-refractivity contribution in [3.05, 3.63) is 64.7 Å². The summed E-state index contributed by atoms with van der Waals surface area (Å²) < 4.78 is 0. The maximum absolute atomic E-state index is 3.20. The molecule has 0 saturated heterocycles. The topological polar surface area (TPSA) is 3.24 Å². The molecule has 0 aliphatic rings. The molecule has 0 aromatic heterocycles. The van der Waals surface area contributed by atoms with Crippen LogP contribution in [0.25, 0.3) is 0 Å². The van der Waals surface area contributed by atoms with E-state index < -0.39 is 0 Å². The van der Waals surface area contributed by atoms with Gasteiger partial charge < -0.3 is 4.90 Å². The van der Waals surface area contributed by atoms with Gasteiger partial charge in [0.25, 0.3) is 0 Å². The van der Waals surface area contributed by atoms with E-state index in [0.29, 0.717) is 0 Å². The van der Waals surface area contributed by atoms with E-state index >= 15 is 0 Å². The highest BCUT2D eigenvalue weighted by molar-refractivity contribution is 5.63. The molecule has 0 fully saturated rings. The third kappa shape index (κ3) is 3.17. The summed E-state index contributed by atoms with van der Waals surface area (Å²) in [7, 11) is 2.01. The average Bonchev–Trinajstić information content (AvgIpc) is 2.36. The summed E-state index contributed by atoms with van der Waals surface area (Å²) in [6.45, 7) is 6.39. The van der Waals surface area contributed by atoms with Gasteiger partial charge in [0.05, 0.1) is 5.69 Å². The van der Waals surface area contributed by atoms with E-state index in [1.165, 1.54) is 22.4 Å². The molecule has 0 spiro atoms. The van der Waals surface area contributed by atoms with Gasteiger partial charge in [0.15, 0.2) is 0 Å². The highest BCUT2D eigenvalue weighted by atomic mass is 15.1. The molecule has 0 aliphatic heterocycles. The predicted molar refractivity (Wildman–Crippen MR) is 82.4 cm³/mol. The Morgan fingerprint density at radius 1 is 0.895 bits per heavy atom. The molecule has 19 heavy (non-hydrogen) atoms. The van der Waals surface area contributed by atoms with E-state index in [-0.39, 0.29) is 0 Å². The number of benzene rings is 2. The van der Waals surface area contributed by atoms with Crippen LogP contribution in [0.2, 0.25) is 0 Å². The second-order valence-electron chi connectivity index (χ2n) is 4.91. The molecule has 1 nitrogen and oxygen atoms in total. The summed E-state index contributed by atoms with van der Waals surface area (Å²) in [5.74, 6) is 3.19. The Labute approximate surface area is 115 Å². The first-order valence-electron chi connectivity index (χ1n) is 6.46. The minimum atomic E-state index is 1.04. The van der Waals surface area contributed by atoms with Crippen molar-refractivity contribution in [2.45, 2.75) is 20.8 Å². The minimum Gasteiger partial charge on any atom is -0.304 e. The van der Waals surface area contributed by atoms with Crippen molar-refractivity contribution < 1.29 is 0 Å². The first-order valence-corrected chi connectivity index (χ1v) is 6.46. The summed E-state index contributed by atoms with van der Waals surface area (Å²) in [5.41, 5.74) is 6.07. The minimum absolute atomic E-state index is 1.04. The molecule has 0 atom stereocenters. The van der Waals surface area contributed by atoms with Crippen LogP contribution in [0.5, 0.6) is 0 Å². The molecule has 2 aromatic carbocycles. The van der Waals surface area contributed by atoms with E-state index in [1.807, 2.05) is 42.3 Å². The number of aryl methyl sites for hydroxylation is 3. The smallest absolute Gasteiger partial charge is 0.0544 e. The number of rotatable bonds is 1. The number of hydrogen-bond donors (Lipinski definition) is 0. The largest absolute Gasteiger partial charge is 0.304 e. The quantitative estimate of drug-likeness (QED) is 0.544. The lowest BCUT2D eigenvalue weighted by Crippen LogP contribution is -2.12. The third-order valence-corrected chi connectivity index (χ3v) is 3.11. The van der Waals surface area contributed by atoms with Crippen molar-refractivity contribution in [3.63, 3.8) is 0 Å². The first-order chi connectivity index (χ1) is 9.08. The van der Waals surface area contributed by atoms with E-state index in [0.717, 1.165) is 5.56 Å². The monoisotopic (exact) mass is 249 g/mol. The molecule has 2 rings (SSSR count). The van der Waals surface area contributed by atoms with Crippen LogP contribution in [0.15, 0.2) is 42.5 Å². The highest BCUT2D eigenvalue weighted by Crippen LogP contribution is 2.24. The zero-order valence-electron chi connectivity index (χ0n) is 12.0. The van der Waals surface area contributed by atoms with Crippen molar-refractivity contribution >= 4 is 5.69 Å². The first kappa shape index (κ1) is 13.2. The van der Waals surface area contributed by atoms with Gasteiger partial charge in [-0.05, 0) is 50.0 Å². The molecule has 96 valence electrons. The Balaban J connectivity index is 2.31. The maximum atomic E-state index is 3.20. The van der Waals surface area contributed by atoms with Crippen molar-refractivity contribution in [2.24, 2.45) is 0 Å². The fourth-order valence-electron chi connectivity index (χ4n) is 2.43. The second kappa shape index (κ2) is 5.63. The van der Waals surface area contributed by atoms with E-state index in [1.54, 1.807) is 0 Å². The van der Waals surface area contributed by atoms with Crippen molar-refractivity contribution in [1.29, 1.82) is 0 Å². The zero-order chi connectivity index (χ0) is 13.8. The Morgan fingerprint density at radius 3 is 2.05 bits per heavy atom. The van der Waals surface area contributed by atoms with Crippen LogP contribution in [0.4, 0.5) is 5.69 Å². The zero-order valence-corrected chi connectivity index (χ0v) is 12.0. The van der Waals surface area contributed by atoms with Crippen LogP contribution in [0.1, 0.15) is 22.3 Å². The van der Waals surface area contributed by atoms with Gasteiger partial charge >= 0.3 is 0 Å². The SMILES string of the molecule is Cc1cc(C)c(N(C)C#Cc2ccccc2)c(C)c1. The molecule has 0 heterocycles. The Bertz CT molecular complexity index is 607. The normalized spacial score (nSPS) is 9.68. The third-order valence-electron chi connectivity index (χ3n) is 3.11. The van der Waals surface area contributed by atoms with Gasteiger partial charge in [-0.15, -0.1) is 0 Å². The van der Waals surface area contributed by atoms with Gasteiger partial charge in [-0.2, -0.15) is 0 Å². The standard InChI is InChI=1S/C18H19N/c1-14-12-15(2)18(16(3)13-14)19(4)11-10-17-8-6-5-7-9-17/h5-9,12-13H,1-4H3. The molecule has 0 amide bonds. The van der Waals surface area contributed by atoms with Crippen LogP contribution in [0.3, 0.4) is 0 Å². The lowest BCUT2D eigenvalue weighted by Gasteiger charge is -2.18. The van der Waals surface area contributed by atoms with E-state index in [9.17, 15) is 0 Å². The van der Waals surface area contributed by atoms with E-state index in [4.69, 9.17) is 0 Å². The molecule has 0 radical (unpaired) electrons. The Hall–Kier alpha value is -2.20. The van der Waals surface area contributed by atoms with Crippen LogP contribution in [0, 0.1) is 32.7 Å². The van der Waals surface area contributed by atoms with Gasteiger partial charge in [0, 0.05) is 18.7 Å². The molecule has 1 heteroatoms. The van der Waals surface area contributed by atoms with Crippen molar-refractivity contribution in [2.75, 3.05) is 11.9 Å². The van der Waals surface area contributed by atoms with Crippen molar-refractivity contribution in [1.82, 2.24) is 0 Å². The maximum Gasteiger partial charge on any atom is 0.0544 e. The van der Waals surface area contributed by atoms with E-state index in [2.05, 4.69) is 44.9 Å². The predicted octanol–water partition coefficient (Wildman–Crippen LogP) is 4.06. The van der Waals surface area contributed by atoms with Crippen molar-refractivity contribution in [3.8, 4) is 12.0 Å². The van der Waals surface area contributed by atoms with Crippen LogP contribution in [-0.4, -0.2) is 7.05 Å². The van der Waals surface area contributed by atoms with Crippen LogP contribution >= 0.6 is 0 Å². The summed E-state index contributed by atoms with van der Waals surface area (Å²) >= 11 is 0. The van der Waals surface area contributed by atoms with Crippen LogP contribution in [-0.2, 0) is 0 Å². The lowest BCUT2D eigenvalue weighted by atomic mass is 10.0. The molecule has 2 aromatic rings.